The summed E-state index contributed by atoms with van der Waals surface area (Å²) >= 11 is 0. The molecule has 136 valence electrons. The Morgan fingerprint density at radius 3 is 2.46 bits per heavy atom. The van der Waals surface area contributed by atoms with Gasteiger partial charge in [-0.15, -0.1) is 0 Å². The fourth-order valence-corrected chi connectivity index (χ4v) is 4.64. The molecule has 2 heterocycles. The number of nitrogens with one attached hydrogen (secondary N) is 1. The zero-order valence-corrected chi connectivity index (χ0v) is 14.9. The highest BCUT2D eigenvalue weighted by atomic mass is 32.2. The third-order valence-electron chi connectivity index (χ3n) is 4.61. The van der Waals surface area contributed by atoms with Gasteiger partial charge in [-0.1, -0.05) is 30.3 Å². The molecule has 1 N–H and O–H groups in total. The number of oxazole rings is 1. The van der Waals surface area contributed by atoms with Gasteiger partial charge in [0.05, 0.1) is 10.4 Å². The number of benzene rings is 2. The average molecular weight is 373 g/mol. The summed E-state index contributed by atoms with van der Waals surface area (Å²) in [5, 5.41) is 0. The fourth-order valence-electron chi connectivity index (χ4n) is 3.20. The molecule has 3 aromatic rings. The Labute approximate surface area is 150 Å². The fraction of sp³-hybridized carbons (Fsp3) is 0.278. The normalized spacial score (nSPS) is 16.9. The maximum Gasteiger partial charge on any atom is 0.417 e. The predicted molar refractivity (Wildman–Crippen MR) is 97.3 cm³/mol. The average Bonchev–Trinajstić information content (AvgIpc) is 3.02. The van der Waals surface area contributed by atoms with Crippen molar-refractivity contribution in [2.45, 2.75) is 11.4 Å². The minimum absolute atomic E-state index is 0.143. The highest BCUT2D eigenvalue weighted by Gasteiger charge is 2.29. The van der Waals surface area contributed by atoms with Gasteiger partial charge in [0.25, 0.3) is 0 Å². The molecule has 7 nitrogen and oxygen atoms in total. The van der Waals surface area contributed by atoms with Gasteiger partial charge >= 0.3 is 5.76 Å². The van der Waals surface area contributed by atoms with E-state index in [2.05, 4.69) is 22.0 Å². The zero-order valence-electron chi connectivity index (χ0n) is 14.1. The number of piperazine rings is 1. The van der Waals surface area contributed by atoms with E-state index in [1.54, 1.807) is 6.07 Å². The summed E-state index contributed by atoms with van der Waals surface area (Å²) in [6.07, 6.45) is 0. The van der Waals surface area contributed by atoms with E-state index >= 15 is 0 Å². The molecule has 1 aromatic heterocycles. The van der Waals surface area contributed by atoms with Crippen LogP contribution in [0.3, 0.4) is 0 Å². The Morgan fingerprint density at radius 2 is 1.73 bits per heavy atom. The Kier molecular flexibility index (Phi) is 4.39. The van der Waals surface area contributed by atoms with Gasteiger partial charge in [-0.05, 0) is 17.7 Å². The first-order chi connectivity index (χ1) is 12.5. The van der Waals surface area contributed by atoms with Crippen LogP contribution in [0.2, 0.25) is 0 Å². The summed E-state index contributed by atoms with van der Waals surface area (Å²) in [5.74, 6) is -0.593. The number of aromatic nitrogens is 1. The molecule has 0 amide bonds. The third-order valence-corrected chi connectivity index (χ3v) is 6.51. The Balaban J connectivity index is 1.47. The van der Waals surface area contributed by atoms with E-state index in [1.807, 2.05) is 18.2 Å². The lowest BCUT2D eigenvalue weighted by Gasteiger charge is -2.34. The van der Waals surface area contributed by atoms with Crippen LogP contribution in [0.5, 0.6) is 0 Å². The number of fused-ring (bicyclic) bond motifs is 1. The minimum Gasteiger partial charge on any atom is -0.408 e. The van der Waals surface area contributed by atoms with Gasteiger partial charge in [-0.25, -0.2) is 13.2 Å². The van der Waals surface area contributed by atoms with E-state index in [-0.39, 0.29) is 10.5 Å². The second-order valence-corrected chi connectivity index (χ2v) is 8.28. The molecule has 0 spiro atoms. The number of hydrogen-bond acceptors (Lipinski definition) is 5. The van der Waals surface area contributed by atoms with Gasteiger partial charge in [0, 0.05) is 38.8 Å². The van der Waals surface area contributed by atoms with Crippen LogP contribution in [0.15, 0.2) is 62.6 Å². The van der Waals surface area contributed by atoms with Crippen LogP contribution in [-0.2, 0) is 16.6 Å². The van der Waals surface area contributed by atoms with Crippen molar-refractivity contribution in [3.05, 3.63) is 64.6 Å². The molecule has 0 radical (unpaired) electrons. The molecular weight excluding hydrogens is 354 g/mol. The van der Waals surface area contributed by atoms with Crippen molar-refractivity contribution in [3.63, 3.8) is 0 Å². The molecule has 1 aliphatic heterocycles. The van der Waals surface area contributed by atoms with E-state index in [0.717, 1.165) is 6.54 Å². The molecule has 0 saturated carbocycles. The smallest absolute Gasteiger partial charge is 0.408 e. The molecule has 0 unspecified atom stereocenters. The maximum atomic E-state index is 12.9. The largest absolute Gasteiger partial charge is 0.417 e. The second kappa shape index (κ2) is 6.71. The molecular formula is C18H19N3O4S. The summed E-state index contributed by atoms with van der Waals surface area (Å²) in [6, 6.07) is 14.6. The quantitative estimate of drug-likeness (QED) is 0.751. The van der Waals surface area contributed by atoms with E-state index in [1.165, 1.54) is 22.0 Å². The van der Waals surface area contributed by atoms with Crippen molar-refractivity contribution in [1.29, 1.82) is 0 Å². The molecule has 1 fully saturated rings. The van der Waals surface area contributed by atoms with Crippen LogP contribution < -0.4 is 5.76 Å². The summed E-state index contributed by atoms with van der Waals surface area (Å²) in [6.45, 7) is 3.04. The molecule has 1 aliphatic rings. The predicted octanol–water partition coefficient (Wildman–Crippen LogP) is 1.63. The summed E-state index contributed by atoms with van der Waals surface area (Å²) in [5.41, 5.74) is 1.96. The van der Waals surface area contributed by atoms with Crippen LogP contribution in [-0.4, -0.2) is 48.8 Å². The van der Waals surface area contributed by atoms with Crippen LogP contribution in [0.4, 0.5) is 0 Å². The molecule has 0 aliphatic carbocycles. The number of hydrogen-bond donors (Lipinski definition) is 1. The highest BCUT2D eigenvalue weighted by molar-refractivity contribution is 7.89. The van der Waals surface area contributed by atoms with Crippen LogP contribution in [0, 0.1) is 0 Å². The molecule has 1 saturated heterocycles. The number of H-pyrrole nitrogens is 1. The molecule has 0 bridgehead atoms. The summed E-state index contributed by atoms with van der Waals surface area (Å²) in [7, 11) is -3.61. The lowest BCUT2D eigenvalue weighted by molar-refractivity contribution is 0.181. The third kappa shape index (κ3) is 3.31. The van der Waals surface area contributed by atoms with Crippen molar-refractivity contribution >= 4 is 21.1 Å². The van der Waals surface area contributed by atoms with Gasteiger partial charge in [-0.2, -0.15) is 4.31 Å². The first kappa shape index (κ1) is 17.0. The molecule has 2 aromatic carbocycles. The van der Waals surface area contributed by atoms with Gasteiger partial charge < -0.3 is 4.42 Å². The van der Waals surface area contributed by atoms with Gasteiger partial charge in [0.2, 0.25) is 10.0 Å². The maximum absolute atomic E-state index is 12.9. The van der Waals surface area contributed by atoms with E-state index < -0.39 is 15.8 Å². The lowest BCUT2D eigenvalue weighted by Crippen LogP contribution is -2.48. The van der Waals surface area contributed by atoms with Crippen molar-refractivity contribution in [1.82, 2.24) is 14.2 Å². The Bertz CT molecular complexity index is 1060. The first-order valence-corrected chi connectivity index (χ1v) is 9.86. The van der Waals surface area contributed by atoms with E-state index in [4.69, 9.17) is 4.42 Å². The molecule has 0 atom stereocenters. The van der Waals surface area contributed by atoms with Crippen LogP contribution in [0.1, 0.15) is 5.56 Å². The van der Waals surface area contributed by atoms with Gasteiger partial charge in [0.15, 0.2) is 5.58 Å². The SMILES string of the molecule is O=c1[nH]c2ccc(S(=O)(=O)N3CCN(Cc4ccccc4)CC3)cc2o1. The number of sulfonamides is 1. The number of nitrogens with zero attached hydrogens (tertiary/aromatic N) is 2. The molecule has 26 heavy (non-hydrogen) atoms. The molecule has 8 heteroatoms. The number of rotatable bonds is 4. The van der Waals surface area contributed by atoms with Crippen LogP contribution in [0.25, 0.3) is 11.1 Å². The summed E-state index contributed by atoms with van der Waals surface area (Å²) < 4.78 is 32.2. The van der Waals surface area contributed by atoms with E-state index in [0.29, 0.717) is 31.7 Å². The summed E-state index contributed by atoms with van der Waals surface area (Å²) in [4.78, 5) is 16.1. The highest BCUT2D eigenvalue weighted by Crippen LogP contribution is 2.22. The minimum atomic E-state index is -3.61. The topological polar surface area (TPSA) is 86.6 Å². The van der Waals surface area contributed by atoms with Gasteiger partial charge in [0.1, 0.15) is 0 Å². The van der Waals surface area contributed by atoms with Crippen molar-refractivity contribution in [2.75, 3.05) is 26.2 Å². The second-order valence-electron chi connectivity index (χ2n) is 6.34. The van der Waals surface area contributed by atoms with Crippen molar-refractivity contribution in [2.24, 2.45) is 0 Å². The lowest BCUT2D eigenvalue weighted by atomic mass is 10.2. The Morgan fingerprint density at radius 1 is 1.00 bits per heavy atom. The van der Waals surface area contributed by atoms with Crippen LogP contribution >= 0.6 is 0 Å². The van der Waals surface area contributed by atoms with Crippen molar-refractivity contribution < 1.29 is 12.8 Å². The zero-order chi connectivity index (χ0) is 18.1. The standard InChI is InChI=1S/C18H19N3O4S/c22-18-19-16-7-6-15(12-17(16)25-18)26(23,24)21-10-8-20(9-11-21)13-14-4-2-1-3-5-14/h1-7,12H,8-11,13H2,(H,19,22). The number of aromatic amines is 1. The van der Waals surface area contributed by atoms with Gasteiger partial charge in [-0.3, -0.25) is 9.88 Å². The molecule has 4 rings (SSSR count). The Hall–Kier alpha value is -2.42. The van der Waals surface area contributed by atoms with E-state index in [9.17, 15) is 13.2 Å². The van der Waals surface area contributed by atoms with Crippen molar-refractivity contribution in [3.8, 4) is 0 Å². The first-order valence-electron chi connectivity index (χ1n) is 8.42. The monoisotopic (exact) mass is 373 g/mol.